The lowest BCUT2D eigenvalue weighted by Gasteiger charge is -2.31. The average Bonchev–Trinajstić information content (AvgIpc) is 2.35. The van der Waals surface area contributed by atoms with Gasteiger partial charge in [0.1, 0.15) is 0 Å². The molecule has 1 aliphatic rings. The zero-order chi connectivity index (χ0) is 13.3. The van der Waals surface area contributed by atoms with Gasteiger partial charge in [-0.3, -0.25) is 4.79 Å². The van der Waals surface area contributed by atoms with Crippen molar-refractivity contribution in [3.63, 3.8) is 0 Å². The molecule has 1 saturated heterocycles. The van der Waals surface area contributed by atoms with Crippen LogP contribution in [0.3, 0.4) is 0 Å². The van der Waals surface area contributed by atoms with Gasteiger partial charge in [-0.1, -0.05) is 17.7 Å². The molecule has 1 fully saturated rings. The summed E-state index contributed by atoms with van der Waals surface area (Å²) in [7, 11) is 0. The Morgan fingerprint density at radius 3 is 2.39 bits per heavy atom. The molecular formula is C15H20ClNO. The summed E-state index contributed by atoms with van der Waals surface area (Å²) in [6, 6.07) is 4.34. The van der Waals surface area contributed by atoms with Crippen LogP contribution in [0.2, 0.25) is 5.02 Å². The number of nitrogens with zero attached hydrogens (tertiary/aromatic N) is 1. The molecule has 0 N–H and O–H groups in total. The number of halogens is 1. The van der Waals surface area contributed by atoms with Crippen LogP contribution < -0.4 is 0 Å². The molecule has 0 atom stereocenters. The van der Waals surface area contributed by atoms with Gasteiger partial charge in [0.25, 0.3) is 0 Å². The second-order valence-electron chi connectivity index (χ2n) is 5.22. The molecule has 1 amide bonds. The Kier molecular flexibility index (Phi) is 3.96. The van der Waals surface area contributed by atoms with Gasteiger partial charge in [0.05, 0.1) is 0 Å². The highest BCUT2D eigenvalue weighted by molar-refractivity contribution is 6.31. The number of rotatable bonds is 1. The molecule has 0 saturated carbocycles. The zero-order valence-electron chi connectivity index (χ0n) is 11.3. The number of carbonyl (C=O) groups excluding carboxylic acids is 1. The van der Waals surface area contributed by atoms with Crippen LogP contribution >= 0.6 is 11.6 Å². The summed E-state index contributed by atoms with van der Waals surface area (Å²) in [6.07, 6.45) is 2.08. The van der Waals surface area contributed by atoms with Crippen molar-refractivity contribution in [2.75, 3.05) is 13.1 Å². The highest BCUT2D eigenvalue weighted by Gasteiger charge is 2.22. The van der Waals surface area contributed by atoms with Crippen LogP contribution in [0.5, 0.6) is 0 Å². The zero-order valence-corrected chi connectivity index (χ0v) is 12.0. The van der Waals surface area contributed by atoms with E-state index in [2.05, 4.69) is 26.0 Å². The Hall–Kier alpha value is -1.02. The SMILES string of the molecule is CC(=O)N1CCC(c2cc(C)c(C)c(Cl)c2)CC1. The molecule has 18 heavy (non-hydrogen) atoms. The van der Waals surface area contributed by atoms with Crippen LogP contribution in [-0.2, 0) is 4.79 Å². The Morgan fingerprint density at radius 2 is 1.89 bits per heavy atom. The molecule has 0 unspecified atom stereocenters. The van der Waals surface area contributed by atoms with Crippen molar-refractivity contribution >= 4 is 17.5 Å². The van der Waals surface area contributed by atoms with E-state index < -0.39 is 0 Å². The van der Waals surface area contributed by atoms with E-state index >= 15 is 0 Å². The first-order valence-electron chi connectivity index (χ1n) is 6.51. The normalized spacial score (nSPS) is 17.0. The molecule has 3 heteroatoms. The fourth-order valence-electron chi connectivity index (χ4n) is 2.61. The summed E-state index contributed by atoms with van der Waals surface area (Å²) in [5.41, 5.74) is 3.75. The third-order valence-electron chi connectivity index (χ3n) is 4.04. The van der Waals surface area contributed by atoms with Crippen molar-refractivity contribution < 1.29 is 4.79 Å². The molecule has 0 spiro atoms. The predicted octanol–water partition coefficient (Wildman–Crippen LogP) is 3.68. The summed E-state index contributed by atoms with van der Waals surface area (Å²) >= 11 is 6.25. The smallest absolute Gasteiger partial charge is 0.219 e. The van der Waals surface area contributed by atoms with Crippen molar-refractivity contribution in [1.82, 2.24) is 4.90 Å². The van der Waals surface area contributed by atoms with E-state index in [0.717, 1.165) is 31.0 Å². The summed E-state index contributed by atoms with van der Waals surface area (Å²) in [5, 5.41) is 0.860. The minimum absolute atomic E-state index is 0.187. The van der Waals surface area contributed by atoms with Crippen molar-refractivity contribution in [1.29, 1.82) is 0 Å². The number of amides is 1. The van der Waals surface area contributed by atoms with Crippen molar-refractivity contribution in [3.8, 4) is 0 Å². The summed E-state index contributed by atoms with van der Waals surface area (Å²) in [4.78, 5) is 13.2. The number of hydrogen-bond acceptors (Lipinski definition) is 1. The van der Waals surface area contributed by atoms with E-state index in [1.807, 2.05) is 4.90 Å². The van der Waals surface area contributed by atoms with E-state index in [9.17, 15) is 4.79 Å². The Balaban J connectivity index is 2.12. The van der Waals surface area contributed by atoms with Crippen LogP contribution in [0.15, 0.2) is 12.1 Å². The minimum atomic E-state index is 0.187. The van der Waals surface area contributed by atoms with Crippen molar-refractivity contribution in [2.45, 2.75) is 39.5 Å². The van der Waals surface area contributed by atoms with Crippen LogP contribution in [0, 0.1) is 13.8 Å². The van der Waals surface area contributed by atoms with Crippen LogP contribution in [-0.4, -0.2) is 23.9 Å². The van der Waals surface area contributed by atoms with E-state index in [-0.39, 0.29) is 5.91 Å². The molecule has 0 bridgehead atoms. The standard InChI is InChI=1S/C15H20ClNO/c1-10-8-14(9-15(16)11(10)2)13-4-6-17(7-5-13)12(3)18/h8-9,13H,4-7H2,1-3H3. The first kappa shape index (κ1) is 13.4. The summed E-state index contributed by atoms with van der Waals surface area (Å²) < 4.78 is 0. The van der Waals surface area contributed by atoms with Gasteiger partial charge in [0, 0.05) is 25.0 Å². The highest BCUT2D eigenvalue weighted by Crippen LogP contribution is 2.32. The molecule has 2 rings (SSSR count). The Bertz CT molecular complexity index is 439. The first-order valence-corrected chi connectivity index (χ1v) is 6.89. The number of likely N-dealkylation sites (tertiary alicyclic amines) is 1. The molecular weight excluding hydrogens is 246 g/mol. The lowest BCUT2D eigenvalue weighted by Crippen LogP contribution is -2.36. The van der Waals surface area contributed by atoms with Gasteiger partial charge in [-0.05, 0) is 55.4 Å². The van der Waals surface area contributed by atoms with Crippen LogP contribution in [0.4, 0.5) is 0 Å². The molecule has 1 aromatic rings. The maximum Gasteiger partial charge on any atom is 0.219 e. The Labute approximate surface area is 114 Å². The van der Waals surface area contributed by atoms with Gasteiger partial charge < -0.3 is 4.90 Å². The highest BCUT2D eigenvalue weighted by atomic mass is 35.5. The van der Waals surface area contributed by atoms with Crippen molar-refractivity contribution in [3.05, 3.63) is 33.8 Å². The molecule has 1 heterocycles. The topological polar surface area (TPSA) is 20.3 Å². The van der Waals surface area contributed by atoms with Gasteiger partial charge in [-0.15, -0.1) is 0 Å². The summed E-state index contributed by atoms with van der Waals surface area (Å²) in [5.74, 6) is 0.726. The second kappa shape index (κ2) is 5.31. The maximum atomic E-state index is 11.3. The minimum Gasteiger partial charge on any atom is -0.343 e. The molecule has 0 aromatic heterocycles. The molecule has 2 nitrogen and oxygen atoms in total. The van der Waals surface area contributed by atoms with Gasteiger partial charge >= 0.3 is 0 Å². The van der Waals surface area contributed by atoms with E-state index in [1.165, 1.54) is 16.7 Å². The van der Waals surface area contributed by atoms with E-state index in [4.69, 9.17) is 11.6 Å². The molecule has 0 radical (unpaired) electrons. The van der Waals surface area contributed by atoms with Gasteiger partial charge in [0.2, 0.25) is 5.91 Å². The van der Waals surface area contributed by atoms with Gasteiger partial charge in [-0.25, -0.2) is 0 Å². The van der Waals surface area contributed by atoms with Crippen molar-refractivity contribution in [2.24, 2.45) is 0 Å². The number of benzene rings is 1. The third-order valence-corrected chi connectivity index (χ3v) is 4.43. The fraction of sp³-hybridized carbons (Fsp3) is 0.533. The van der Waals surface area contributed by atoms with Gasteiger partial charge in [0.15, 0.2) is 0 Å². The second-order valence-corrected chi connectivity index (χ2v) is 5.63. The molecule has 1 aromatic carbocycles. The molecule has 1 aliphatic heterocycles. The lowest BCUT2D eigenvalue weighted by molar-refractivity contribution is -0.129. The predicted molar refractivity (Wildman–Crippen MR) is 75.2 cm³/mol. The van der Waals surface area contributed by atoms with Crippen LogP contribution in [0.25, 0.3) is 0 Å². The summed E-state index contributed by atoms with van der Waals surface area (Å²) in [6.45, 7) is 7.54. The first-order chi connectivity index (χ1) is 8.49. The lowest BCUT2D eigenvalue weighted by atomic mass is 9.88. The monoisotopic (exact) mass is 265 g/mol. The number of aryl methyl sites for hydroxylation is 1. The van der Waals surface area contributed by atoms with E-state index in [1.54, 1.807) is 6.92 Å². The third kappa shape index (κ3) is 2.69. The molecule has 98 valence electrons. The number of piperidine rings is 1. The molecule has 0 aliphatic carbocycles. The number of carbonyl (C=O) groups is 1. The largest absolute Gasteiger partial charge is 0.343 e. The fourth-order valence-corrected chi connectivity index (χ4v) is 2.88. The average molecular weight is 266 g/mol. The number of hydrogen-bond donors (Lipinski definition) is 0. The van der Waals surface area contributed by atoms with E-state index in [0.29, 0.717) is 5.92 Å². The maximum absolute atomic E-state index is 11.3. The quantitative estimate of drug-likeness (QED) is 0.759. The Morgan fingerprint density at radius 1 is 1.28 bits per heavy atom. The van der Waals surface area contributed by atoms with Gasteiger partial charge in [-0.2, -0.15) is 0 Å². The van der Waals surface area contributed by atoms with Crippen LogP contribution in [0.1, 0.15) is 42.4 Å².